The third kappa shape index (κ3) is 5.55. The van der Waals surface area contributed by atoms with E-state index in [-0.39, 0.29) is 0 Å². The topological polar surface area (TPSA) is 15.3 Å². The summed E-state index contributed by atoms with van der Waals surface area (Å²) < 4.78 is 1.21. The van der Waals surface area contributed by atoms with Gasteiger partial charge in [-0.05, 0) is 31.5 Å². The second-order valence-corrected chi connectivity index (χ2v) is 6.83. The van der Waals surface area contributed by atoms with Gasteiger partial charge in [0, 0.05) is 30.1 Å². The molecule has 0 radical (unpaired) electrons. The van der Waals surface area contributed by atoms with E-state index in [4.69, 9.17) is 0 Å². The summed E-state index contributed by atoms with van der Waals surface area (Å²) in [4.78, 5) is 2.39. The minimum atomic E-state index is 0.759. The second kappa shape index (κ2) is 8.81. The maximum atomic E-state index is 3.74. The van der Waals surface area contributed by atoms with Crippen molar-refractivity contribution < 1.29 is 0 Å². The fraction of sp³-hybridized carbons (Fsp3) is 0.647. The van der Waals surface area contributed by atoms with Crippen molar-refractivity contribution in [1.29, 1.82) is 0 Å². The average Bonchev–Trinajstić information content (AvgIpc) is 2.70. The van der Waals surface area contributed by atoms with Gasteiger partial charge < -0.3 is 10.2 Å². The van der Waals surface area contributed by atoms with Crippen molar-refractivity contribution in [2.75, 3.05) is 20.1 Å². The molecule has 0 aliphatic heterocycles. The SMILES string of the molecule is CN(CCNC1CCCCCC1)Cc1ccccc1Br. The number of benzene rings is 1. The van der Waals surface area contributed by atoms with E-state index in [1.807, 2.05) is 0 Å². The summed E-state index contributed by atoms with van der Waals surface area (Å²) in [5.74, 6) is 0. The fourth-order valence-electron chi connectivity index (χ4n) is 2.94. The molecular weight excluding hydrogens is 312 g/mol. The number of hydrogen-bond donors (Lipinski definition) is 1. The van der Waals surface area contributed by atoms with Crippen molar-refractivity contribution in [2.45, 2.75) is 51.1 Å². The van der Waals surface area contributed by atoms with Gasteiger partial charge in [-0.15, -0.1) is 0 Å². The lowest BCUT2D eigenvalue weighted by Crippen LogP contribution is -2.35. The molecule has 3 heteroatoms. The Balaban J connectivity index is 1.67. The first-order valence-electron chi connectivity index (χ1n) is 7.91. The molecule has 0 aromatic heterocycles. The number of hydrogen-bond acceptors (Lipinski definition) is 2. The molecular formula is C17H27BrN2. The fourth-order valence-corrected chi connectivity index (χ4v) is 3.35. The normalized spacial score (nSPS) is 17.4. The lowest BCUT2D eigenvalue weighted by atomic mass is 10.1. The maximum Gasteiger partial charge on any atom is 0.0242 e. The number of halogens is 1. The van der Waals surface area contributed by atoms with Crippen LogP contribution < -0.4 is 5.32 Å². The van der Waals surface area contributed by atoms with E-state index in [0.717, 1.165) is 25.7 Å². The molecule has 1 fully saturated rings. The molecule has 1 saturated carbocycles. The van der Waals surface area contributed by atoms with E-state index in [1.165, 1.54) is 48.6 Å². The monoisotopic (exact) mass is 338 g/mol. The summed E-state index contributed by atoms with van der Waals surface area (Å²) >= 11 is 3.62. The number of rotatable bonds is 6. The minimum absolute atomic E-state index is 0.759. The van der Waals surface area contributed by atoms with Crippen LogP contribution >= 0.6 is 15.9 Å². The van der Waals surface area contributed by atoms with Crippen LogP contribution in [0.15, 0.2) is 28.7 Å². The molecule has 0 saturated heterocycles. The van der Waals surface area contributed by atoms with E-state index < -0.39 is 0 Å². The maximum absolute atomic E-state index is 3.74. The smallest absolute Gasteiger partial charge is 0.0242 e. The molecule has 1 aromatic carbocycles. The average molecular weight is 339 g/mol. The lowest BCUT2D eigenvalue weighted by Gasteiger charge is -2.21. The highest BCUT2D eigenvalue weighted by atomic mass is 79.9. The van der Waals surface area contributed by atoms with Gasteiger partial charge in [-0.2, -0.15) is 0 Å². The van der Waals surface area contributed by atoms with Crippen LogP contribution in [0, 0.1) is 0 Å². The summed E-state index contributed by atoms with van der Waals surface area (Å²) in [5, 5.41) is 3.74. The van der Waals surface area contributed by atoms with Gasteiger partial charge in [0.2, 0.25) is 0 Å². The standard InChI is InChI=1S/C17H27BrN2/c1-20(14-15-8-6-7-11-17(15)18)13-12-19-16-9-4-2-3-5-10-16/h6-8,11,16,19H,2-5,9-10,12-14H2,1H3. The van der Waals surface area contributed by atoms with Gasteiger partial charge in [0.1, 0.15) is 0 Å². The Hall–Kier alpha value is -0.380. The molecule has 1 aliphatic carbocycles. The Morgan fingerprint density at radius 1 is 1.15 bits per heavy atom. The Bertz CT molecular complexity index is 386. The Morgan fingerprint density at radius 3 is 2.55 bits per heavy atom. The molecule has 20 heavy (non-hydrogen) atoms. The van der Waals surface area contributed by atoms with Crippen LogP contribution in [-0.2, 0) is 6.54 Å². The molecule has 0 heterocycles. The van der Waals surface area contributed by atoms with Crippen molar-refractivity contribution in [2.24, 2.45) is 0 Å². The molecule has 2 nitrogen and oxygen atoms in total. The molecule has 0 atom stereocenters. The highest BCUT2D eigenvalue weighted by molar-refractivity contribution is 9.10. The van der Waals surface area contributed by atoms with Crippen LogP contribution in [0.1, 0.15) is 44.1 Å². The first kappa shape index (κ1) is 16.0. The number of nitrogens with one attached hydrogen (secondary N) is 1. The summed E-state index contributed by atoms with van der Waals surface area (Å²) in [6.45, 7) is 3.22. The Kier molecular flexibility index (Phi) is 7.05. The van der Waals surface area contributed by atoms with Gasteiger partial charge in [0.15, 0.2) is 0 Å². The predicted octanol–water partition coefficient (Wildman–Crippen LogP) is 4.19. The predicted molar refractivity (Wildman–Crippen MR) is 90.0 cm³/mol. The van der Waals surface area contributed by atoms with Crippen molar-refractivity contribution in [1.82, 2.24) is 10.2 Å². The molecule has 1 aromatic rings. The van der Waals surface area contributed by atoms with E-state index in [0.29, 0.717) is 0 Å². The molecule has 2 rings (SSSR count). The summed E-state index contributed by atoms with van der Waals surface area (Å²) in [6, 6.07) is 9.25. The third-order valence-electron chi connectivity index (χ3n) is 4.18. The molecule has 1 aliphatic rings. The van der Waals surface area contributed by atoms with Crippen LogP contribution in [0.5, 0.6) is 0 Å². The van der Waals surface area contributed by atoms with Crippen molar-refractivity contribution in [3.8, 4) is 0 Å². The molecule has 0 spiro atoms. The largest absolute Gasteiger partial charge is 0.313 e. The number of nitrogens with zero attached hydrogens (tertiary/aromatic N) is 1. The van der Waals surface area contributed by atoms with E-state index in [9.17, 15) is 0 Å². The second-order valence-electron chi connectivity index (χ2n) is 5.97. The molecule has 0 bridgehead atoms. The summed E-state index contributed by atoms with van der Waals surface area (Å²) in [7, 11) is 2.20. The van der Waals surface area contributed by atoms with Crippen LogP contribution in [0.2, 0.25) is 0 Å². The van der Waals surface area contributed by atoms with Crippen molar-refractivity contribution in [3.63, 3.8) is 0 Å². The van der Waals surface area contributed by atoms with Gasteiger partial charge in [0.25, 0.3) is 0 Å². The zero-order valence-corrected chi connectivity index (χ0v) is 14.2. The Labute approximate surface area is 132 Å². The highest BCUT2D eigenvalue weighted by Gasteiger charge is 2.11. The summed E-state index contributed by atoms with van der Waals surface area (Å²) in [5.41, 5.74) is 1.37. The molecule has 0 amide bonds. The van der Waals surface area contributed by atoms with Crippen LogP contribution in [-0.4, -0.2) is 31.1 Å². The van der Waals surface area contributed by atoms with Gasteiger partial charge in [-0.25, -0.2) is 0 Å². The van der Waals surface area contributed by atoms with Gasteiger partial charge in [0.05, 0.1) is 0 Å². The summed E-state index contributed by atoms with van der Waals surface area (Å²) in [6.07, 6.45) is 8.41. The van der Waals surface area contributed by atoms with Gasteiger partial charge in [-0.1, -0.05) is 59.8 Å². The van der Waals surface area contributed by atoms with Gasteiger partial charge >= 0.3 is 0 Å². The minimum Gasteiger partial charge on any atom is -0.313 e. The van der Waals surface area contributed by atoms with Crippen molar-refractivity contribution in [3.05, 3.63) is 34.3 Å². The van der Waals surface area contributed by atoms with E-state index in [1.54, 1.807) is 0 Å². The molecule has 0 unspecified atom stereocenters. The van der Waals surface area contributed by atoms with Crippen molar-refractivity contribution >= 4 is 15.9 Å². The molecule has 112 valence electrons. The van der Waals surface area contributed by atoms with Crippen LogP contribution in [0.4, 0.5) is 0 Å². The third-order valence-corrected chi connectivity index (χ3v) is 4.95. The lowest BCUT2D eigenvalue weighted by molar-refractivity contribution is 0.311. The highest BCUT2D eigenvalue weighted by Crippen LogP contribution is 2.18. The van der Waals surface area contributed by atoms with E-state index in [2.05, 4.69) is 57.5 Å². The zero-order chi connectivity index (χ0) is 14.2. The van der Waals surface area contributed by atoms with Crippen LogP contribution in [0.25, 0.3) is 0 Å². The Morgan fingerprint density at radius 2 is 1.85 bits per heavy atom. The first-order valence-corrected chi connectivity index (χ1v) is 8.70. The van der Waals surface area contributed by atoms with Gasteiger partial charge in [-0.3, -0.25) is 0 Å². The zero-order valence-electron chi connectivity index (χ0n) is 12.6. The van der Waals surface area contributed by atoms with E-state index >= 15 is 0 Å². The number of likely N-dealkylation sites (N-methyl/N-ethyl adjacent to an activating group) is 1. The quantitative estimate of drug-likeness (QED) is 0.782. The van der Waals surface area contributed by atoms with Crippen LogP contribution in [0.3, 0.4) is 0 Å². The molecule has 1 N–H and O–H groups in total. The first-order chi connectivity index (χ1) is 9.75.